The van der Waals surface area contributed by atoms with Crippen LogP contribution in [0.4, 0.5) is 0 Å². The van der Waals surface area contributed by atoms with Gasteiger partial charge in [0.05, 0.1) is 17.2 Å². The van der Waals surface area contributed by atoms with Crippen LogP contribution in [0.3, 0.4) is 0 Å². The number of fused-ring (bicyclic) bond motifs is 1. The second kappa shape index (κ2) is 2.88. The first-order valence-corrected chi connectivity index (χ1v) is 5.99. The third kappa shape index (κ3) is 1.55. The Morgan fingerprint density at radius 1 is 1.43 bits per heavy atom. The number of hydrogen-bond acceptors (Lipinski definition) is 4. The lowest BCUT2D eigenvalue weighted by atomic mass is 10.1. The fourth-order valence-corrected chi connectivity index (χ4v) is 2.98. The molecule has 0 amide bonds. The van der Waals surface area contributed by atoms with E-state index in [9.17, 15) is 13.2 Å². The predicted molar refractivity (Wildman–Crippen MR) is 50.6 cm³/mol. The van der Waals surface area contributed by atoms with Crippen molar-refractivity contribution in [2.75, 3.05) is 0 Å². The van der Waals surface area contributed by atoms with Gasteiger partial charge in [-0.3, -0.25) is 9.78 Å². The fraction of sp³-hybridized carbons (Fsp3) is 0.333. The van der Waals surface area contributed by atoms with E-state index < -0.39 is 9.84 Å². The van der Waals surface area contributed by atoms with Crippen LogP contribution >= 0.6 is 0 Å². The Morgan fingerprint density at radius 2 is 2.14 bits per heavy atom. The maximum Gasteiger partial charge on any atom is 0.161 e. The molecule has 0 saturated heterocycles. The van der Waals surface area contributed by atoms with Crippen LogP contribution in [-0.4, -0.2) is 19.2 Å². The highest BCUT2D eigenvalue weighted by atomic mass is 32.2. The second-order valence-corrected chi connectivity index (χ2v) is 5.48. The number of rotatable bonds is 1. The molecule has 0 radical (unpaired) electrons. The first kappa shape index (κ1) is 9.33. The molecule has 0 aromatic carbocycles. The molecule has 0 saturated carbocycles. The third-order valence-corrected chi connectivity index (χ3v) is 3.66. The molecular formula is C9H9NO3S. The minimum Gasteiger partial charge on any atom is -0.294 e. The van der Waals surface area contributed by atoms with Crippen LogP contribution in [0.5, 0.6) is 0 Å². The highest BCUT2D eigenvalue weighted by molar-refractivity contribution is 7.90. The summed E-state index contributed by atoms with van der Waals surface area (Å²) < 4.78 is 22.5. The molecule has 2 rings (SSSR count). The molecular weight excluding hydrogens is 202 g/mol. The molecule has 0 aliphatic carbocycles. The van der Waals surface area contributed by atoms with Gasteiger partial charge in [-0.1, -0.05) is 0 Å². The second-order valence-electron chi connectivity index (χ2n) is 3.42. The first-order chi connectivity index (χ1) is 6.48. The maximum absolute atomic E-state index is 11.2. The van der Waals surface area contributed by atoms with Gasteiger partial charge in [-0.2, -0.15) is 0 Å². The van der Waals surface area contributed by atoms with E-state index >= 15 is 0 Å². The van der Waals surface area contributed by atoms with Crippen molar-refractivity contribution in [3.63, 3.8) is 0 Å². The Kier molecular flexibility index (Phi) is 1.92. The van der Waals surface area contributed by atoms with Gasteiger partial charge in [-0.15, -0.1) is 0 Å². The van der Waals surface area contributed by atoms with Crippen molar-refractivity contribution in [1.82, 2.24) is 4.98 Å². The summed E-state index contributed by atoms with van der Waals surface area (Å²) in [6, 6.07) is 1.62. The number of nitrogens with zero attached hydrogens (tertiary/aromatic N) is 1. The van der Waals surface area contributed by atoms with Gasteiger partial charge < -0.3 is 0 Å². The SMILES string of the molecule is CC(=O)c1cnc2c(c1)CS(=O)(=O)C2. The van der Waals surface area contributed by atoms with Gasteiger partial charge >= 0.3 is 0 Å². The molecule has 0 spiro atoms. The molecule has 1 aliphatic rings. The Bertz CT molecular complexity index is 505. The Morgan fingerprint density at radius 3 is 2.79 bits per heavy atom. The molecule has 0 bridgehead atoms. The quantitative estimate of drug-likeness (QED) is 0.642. The van der Waals surface area contributed by atoms with E-state index in [0.29, 0.717) is 16.8 Å². The van der Waals surface area contributed by atoms with E-state index in [2.05, 4.69) is 4.98 Å². The van der Waals surface area contributed by atoms with Gasteiger partial charge in [0.25, 0.3) is 0 Å². The summed E-state index contributed by atoms with van der Waals surface area (Å²) in [5.74, 6) is -0.0821. The first-order valence-electron chi connectivity index (χ1n) is 4.17. The molecule has 0 atom stereocenters. The molecule has 0 unspecified atom stereocenters. The number of ketones is 1. The minimum absolute atomic E-state index is 0.000514. The number of sulfone groups is 1. The van der Waals surface area contributed by atoms with Crippen LogP contribution < -0.4 is 0 Å². The Labute approximate surface area is 81.9 Å². The number of pyridine rings is 1. The normalized spacial score (nSPS) is 17.8. The lowest BCUT2D eigenvalue weighted by molar-refractivity contribution is 0.101. The lowest BCUT2D eigenvalue weighted by Crippen LogP contribution is -1.96. The summed E-state index contributed by atoms with van der Waals surface area (Å²) in [4.78, 5) is 15.0. The summed E-state index contributed by atoms with van der Waals surface area (Å²) in [6.07, 6.45) is 1.43. The topological polar surface area (TPSA) is 64.1 Å². The van der Waals surface area contributed by atoms with Gasteiger partial charge in [0, 0.05) is 11.8 Å². The summed E-state index contributed by atoms with van der Waals surface area (Å²) in [7, 11) is -3.02. The molecule has 1 aliphatic heterocycles. The van der Waals surface area contributed by atoms with Gasteiger partial charge in [-0.25, -0.2) is 8.42 Å². The average molecular weight is 211 g/mol. The Balaban J connectivity index is 2.50. The number of carbonyl (C=O) groups is 1. The highest BCUT2D eigenvalue weighted by Crippen LogP contribution is 2.23. The number of carbonyl (C=O) groups excluding carboxylic acids is 1. The lowest BCUT2D eigenvalue weighted by Gasteiger charge is -1.98. The molecule has 0 fully saturated rings. The van der Waals surface area contributed by atoms with E-state index in [1.54, 1.807) is 6.07 Å². The average Bonchev–Trinajstić information content (AvgIpc) is 2.36. The molecule has 4 nitrogen and oxygen atoms in total. The van der Waals surface area contributed by atoms with Crippen molar-refractivity contribution < 1.29 is 13.2 Å². The van der Waals surface area contributed by atoms with Crippen molar-refractivity contribution in [1.29, 1.82) is 0 Å². The van der Waals surface area contributed by atoms with Crippen molar-refractivity contribution >= 4 is 15.6 Å². The van der Waals surface area contributed by atoms with E-state index in [4.69, 9.17) is 0 Å². The summed E-state index contributed by atoms with van der Waals surface area (Å²) in [5, 5.41) is 0. The van der Waals surface area contributed by atoms with Crippen LogP contribution in [0.25, 0.3) is 0 Å². The standard InChI is InChI=1S/C9H9NO3S/c1-6(11)7-2-8-4-14(12,13)5-9(8)10-3-7/h2-3H,4-5H2,1H3. The van der Waals surface area contributed by atoms with E-state index in [1.165, 1.54) is 13.1 Å². The highest BCUT2D eigenvalue weighted by Gasteiger charge is 2.26. The molecule has 2 heterocycles. The van der Waals surface area contributed by atoms with E-state index in [1.807, 2.05) is 0 Å². The third-order valence-electron chi connectivity index (χ3n) is 2.20. The number of Topliss-reactive ketones (excluding diaryl/α,β-unsaturated/α-hetero) is 1. The van der Waals surface area contributed by atoms with Crippen molar-refractivity contribution in [3.05, 3.63) is 29.1 Å². The van der Waals surface area contributed by atoms with Gasteiger partial charge in [-0.05, 0) is 18.6 Å². The molecule has 74 valence electrons. The smallest absolute Gasteiger partial charge is 0.161 e. The van der Waals surface area contributed by atoms with Gasteiger partial charge in [0.2, 0.25) is 0 Å². The van der Waals surface area contributed by atoms with Crippen LogP contribution in [0.1, 0.15) is 28.5 Å². The predicted octanol–water partition coefficient (Wildman–Crippen LogP) is 0.713. The molecule has 0 N–H and O–H groups in total. The zero-order valence-electron chi connectivity index (χ0n) is 7.65. The van der Waals surface area contributed by atoms with Crippen molar-refractivity contribution in [3.8, 4) is 0 Å². The fourth-order valence-electron chi connectivity index (χ4n) is 1.48. The van der Waals surface area contributed by atoms with Crippen molar-refractivity contribution in [2.24, 2.45) is 0 Å². The largest absolute Gasteiger partial charge is 0.294 e. The van der Waals surface area contributed by atoms with Crippen molar-refractivity contribution in [2.45, 2.75) is 18.4 Å². The van der Waals surface area contributed by atoms with E-state index in [0.717, 1.165) is 0 Å². The Hall–Kier alpha value is -1.23. The molecule has 1 aromatic heterocycles. The summed E-state index contributed by atoms with van der Waals surface area (Å²) in [6.45, 7) is 1.44. The summed E-state index contributed by atoms with van der Waals surface area (Å²) in [5.41, 5.74) is 1.72. The number of aromatic nitrogens is 1. The molecule has 14 heavy (non-hydrogen) atoms. The zero-order valence-corrected chi connectivity index (χ0v) is 8.47. The zero-order chi connectivity index (χ0) is 10.3. The minimum atomic E-state index is -3.02. The van der Waals surface area contributed by atoms with Gasteiger partial charge in [0.1, 0.15) is 0 Å². The van der Waals surface area contributed by atoms with Crippen LogP contribution in [0.2, 0.25) is 0 Å². The monoisotopic (exact) mass is 211 g/mol. The van der Waals surface area contributed by atoms with E-state index in [-0.39, 0.29) is 17.3 Å². The van der Waals surface area contributed by atoms with Gasteiger partial charge in [0.15, 0.2) is 15.6 Å². The molecule has 5 heteroatoms. The molecule has 1 aromatic rings. The van der Waals surface area contributed by atoms with Crippen LogP contribution in [-0.2, 0) is 21.3 Å². The number of hydrogen-bond donors (Lipinski definition) is 0. The maximum atomic E-state index is 11.2. The van der Waals surface area contributed by atoms with Crippen LogP contribution in [0.15, 0.2) is 12.3 Å². The summed E-state index contributed by atoms with van der Waals surface area (Å²) >= 11 is 0. The van der Waals surface area contributed by atoms with Crippen LogP contribution in [0, 0.1) is 0 Å².